The number of hydrogen-bond donors (Lipinski definition) is 1. The number of nitrogens with one attached hydrogen (secondary N) is 1. The molecule has 1 spiro atoms. The Morgan fingerprint density at radius 2 is 1.79 bits per heavy atom. The summed E-state index contributed by atoms with van der Waals surface area (Å²) in [4.78, 5) is 3.03. The van der Waals surface area contributed by atoms with E-state index in [0.717, 1.165) is 18.0 Å². The minimum atomic E-state index is 0.774. The van der Waals surface area contributed by atoms with Gasteiger partial charge in [0.2, 0.25) is 0 Å². The molecule has 2 aliphatic rings. The summed E-state index contributed by atoms with van der Waals surface area (Å²) in [6, 6.07) is 5.37. The quantitative estimate of drug-likeness (QED) is 0.825. The van der Waals surface area contributed by atoms with Crippen LogP contribution in [0.2, 0.25) is 0 Å². The molecule has 0 aromatic carbocycles. The second-order valence-corrected chi connectivity index (χ2v) is 7.84. The van der Waals surface area contributed by atoms with Crippen LogP contribution < -0.4 is 5.32 Å². The van der Waals surface area contributed by atoms with Crippen LogP contribution in [0.3, 0.4) is 0 Å². The third-order valence-corrected chi connectivity index (χ3v) is 6.57. The van der Waals surface area contributed by atoms with E-state index < -0.39 is 0 Å². The highest BCUT2D eigenvalue weighted by atomic mass is 32.1. The van der Waals surface area contributed by atoms with Gasteiger partial charge in [0.05, 0.1) is 0 Å². The normalized spacial score (nSPS) is 23.2. The molecule has 0 unspecified atom stereocenters. The predicted molar refractivity (Wildman–Crippen MR) is 83.7 cm³/mol. The Morgan fingerprint density at radius 1 is 1.11 bits per heavy atom. The molecule has 1 nitrogen and oxygen atoms in total. The van der Waals surface area contributed by atoms with Crippen molar-refractivity contribution in [3.05, 3.63) is 21.9 Å². The fourth-order valence-corrected chi connectivity index (χ4v) is 4.92. The average molecular weight is 277 g/mol. The van der Waals surface area contributed by atoms with Crippen molar-refractivity contribution in [1.29, 1.82) is 0 Å². The molecular weight excluding hydrogens is 250 g/mol. The zero-order chi connectivity index (χ0) is 13.1. The molecule has 2 saturated carbocycles. The van der Waals surface area contributed by atoms with E-state index >= 15 is 0 Å². The number of aryl methyl sites for hydroxylation is 1. The van der Waals surface area contributed by atoms with Gasteiger partial charge in [0.1, 0.15) is 0 Å². The van der Waals surface area contributed by atoms with Crippen molar-refractivity contribution >= 4 is 11.3 Å². The lowest BCUT2D eigenvalue weighted by molar-refractivity contribution is 0.168. The van der Waals surface area contributed by atoms with Gasteiger partial charge in [-0.3, -0.25) is 0 Å². The Kier molecular flexibility index (Phi) is 4.28. The zero-order valence-corrected chi connectivity index (χ0v) is 13.0. The minimum absolute atomic E-state index is 0.774. The highest BCUT2D eigenvalue weighted by Gasteiger charge is 2.37. The Labute approximate surface area is 121 Å². The molecule has 2 aliphatic carbocycles. The van der Waals surface area contributed by atoms with Crippen molar-refractivity contribution in [3.63, 3.8) is 0 Å². The van der Waals surface area contributed by atoms with E-state index in [9.17, 15) is 0 Å². The van der Waals surface area contributed by atoms with Crippen molar-refractivity contribution in [3.8, 4) is 0 Å². The maximum Gasteiger partial charge on any atom is 0.0302 e. The standard InChI is InChI=1S/C17H27NS/c1-2-15-5-6-16(19-15)13-18-14-7-11-17(12-8-14)9-3-4-10-17/h5-6,14,18H,2-4,7-13H2,1H3. The lowest BCUT2D eigenvalue weighted by atomic mass is 9.71. The largest absolute Gasteiger partial charge is 0.309 e. The summed E-state index contributed by atoms with van der Waals surface area (Å²) >= 11 is 1.98. The molecule has 2 heteroatoms. The second-order valence-electron chi connectivity index (χ2n) is 6.58. The van der Waals surface area contributed by atoms with Crippen molar-refractivity contribution < 1.29 is 0 Å². The first kappa shape index (κ1) is 13.6. The van der Waals surface area contributed by atoms with Gasteiger partial charge in [-0.05, 0) is 62.5 Å². The van der Waals surface area contributed by atoms with Gasteiger partial charge in [0.25, 0.3) is 0 Å². The molecule has 106 valence electrons. The summed E-state index contributed by atoms with van der Waals surface area (Å²) in [6.45, 7) is 3.33. The summed E-state index contributed by atoms with van der Waals surface area (Å²) in [7, 11) is 0. The van der Waals surface area contributed by atoms with Gasteiger partial charge in [0.15, 0.2) is 0 Å². The molecule has 19 heavy (non-hydrogen) atoms. The van der Waals surface area contributed by atoms with E-state index in [4.69, 9.17) is 0 Å². The molecule has 0 saturated heterocycles. The van der Waals surface area contributed by atoms with Crippen LogP contribution in [0.4, 0.5) is 0 Å². The van der Waals surface area contributed by atoms with Gasteiger partial charge in [-0.2, -0.15) is 0 Å². The molecule has 0 bridgehead atoms. The first-order valence-electron chi connectivity index (χ1n) is 8.11. The highest BCUT2D eigenvalue weighted by molar-refractivity contribution is 7.11. The summed E-state index contributed by atoms with van der Waals surface area (Å²) in [6.07, 6.45) is 13.0. The lowest BCUT2D eigenvalue weighted by Gasteiger charge is -2.37. The van der Waals surface area contributed by atoms with Crippen LogP contribution in [0.1, 0.15) is 68.0 Å². The summed E-state index contributed by atoms with van der Waals surface area (Å²) in [5.41, 5.74) is 0.774. The van der Waals surface area contributed by atoms with Gasteiger partial charge in [-0.1, -0.05) is 19.8 Å². The minimum Gasteiger partial charge on any atom is -0.309 e. The molecule has 0 atom stereocenters. The Balaban J connectivity index is 1.44. The first-order chi connectivity index (χ1) is 9.30. The molecule has 3 rings (SSSR count). The summed E-state index contributed by atoms with van der Waals surface area (Å²) in [5, 5.41) is 3.79. The van der Waals surface area contributed by atoms with E-state index in [1.807, 2.05) is 11.3 Å². The van der Waals surface area contributed by atoms with Crippen LogP contribution >= 0.6 is 11.3 Å². The van der Waals surface area contributed by atoms with E-state index in [1.165, 1.54) is 67.5 Å². The highest BCUT2D eigenvalue weighted by Crippen LogP contribution is 2.48. The molecule has 0 amide bonds. The van der Waals surface area contributed by atoms with Gasteiger partial charge in [0, 0.05) is 22.3 Å². The lowest BCUT2D eigenvalue weighted by Crippen LogP contribution is -2.36. The third-order valence-electron chi connectivity index (χ3n) is 5.34. The molecule has 1 heterocycles. The van der Waals surface area contributed by atoms with E-state index in [2.05, 4.69) is 24.4 Å². The summed E-state index contributed by atoms with van der Waals surface area (Å²) < 4.78 is 0. The fraction of sp³-hybridized carbons (Fsp3) is 0.765. The van der Waals surface area contributed by atoms with Crippen LogP contribution in [0, 0.1) is 5.41 Å². The van der Waals surface area contributed by atoms with Gasteiger partial charge in [-0.25, -0.2) is 0 Å². The topological polar surface area (TPSA) is 12.0 Å². The molecule has 1 aromatic heterocycles. The second kappa shape index (κ2) is 5.97. The zero-order valence-electron chi connectivity index (χ0n) is 12.2. The van der Waals surface area contributed by atoms with E-state index in [0.29, 0.717) is 0 Å². The van der Waals surface area contributed by atoms with E-state index in [-0.39, 0.29) is 0 Å². The van der Waals surface area contributed by atoms with Gasteiger partial charge < -0.3 is 5.32 Å². The van der Waals surface area contributed by atoms with Crippen LogP contribution in [0.5, 0.6) is 0 Å². The molecule has 1 aromatic rings. The SMILES string of the molecule is CCc1ccc(CNC2CCC3(CCCC3)CC2)s1. The average Bonchev–Trinajstić information content (AvgIpc) is 3.08. The Hall–Kier alpha value is -0.340. The van der Waals surface area contributed by atoms with Crippen molar-refractivity contribution in [2.45, 2.75) is 77.3 Å². The maximum atomic E-state index is 3.79. The number of rotatable bonds is 4. The molecule has 0 radical (unpaired) electrons. The number of thiophene rings is 1. The molecule has 1 N–H and O–H groups in total. The van der Waals surface area contributed by atoms with Crippen molar-refractivity contribution in [2.75, 3.05) is 0 Å². The predicted octanol–water partition coefficient (Wildman–Crippen LogP) is 4.90. The first-order valence-corrected chi connectivity index (χ1v) is 8.92. The van der Waals surface area contributed by atoms with Crippen molar-refractivity contribution in [1.82, 2.24) is 5.32 Å². The summed E-state index contributed by atoms with van der Waals surface area (Å²) in [5.74, 6) is 0. The van der Waals surface area contributed by atoms with Gasteiger partial charge in [-0.15, -0.1) is 11.3 Å². The molecule has 0 aliphatic heterocycles. The van der Waals surface area contributed by atoms with Crippen LogP contribution in [-0.2, 0) is 13.0 Å². The number of hydrogen-bond acceptors (Lipinski definition) is 2. The van der Waals surface area contributed by atoms with Gasteiger partial charge >= 0.3 is 0 Å². The molecule has 2 fully saturated rings. The van der Waals surface area contributed by atoms with Crippen LogP contribution in [0.15, 0.2) is 12.1 Å². The van der Waals surface area contributed by atoms with Crippen LogP contribution in [-0.4, -0.2) is 6.04 Å². The third kappa shape index (κ3) is 3.22. The fourth-order valence-electron chi connectivity index (χ4n) is 4.01. The van der Waals surface area contributed by atoms with E-state index in [1.54, 1.807) is 0 Å². The maximum absolute atomic E-state index is 3.79. The Morgan fingerprint density at radius 3 is 2.42 bits per heavy atom. The van der Waals surface area contributed by atoms with Crippen molar-refractivity contribution in [2.24, 2.45) is 5.41 Å². The van der Waals surface area contributed by atoms with Crippen LogP contribution in [0.25, 0.3) is 0 Å². The molecular formula is C17H27NS. The Bertz CT molecular complexity index is 393. The monoisotopic (exact) mass is 277 g/mol. The smallest absolute Gasteiger partial charge is 0.0302 e.